The topological polar surface area (TPSA) is 87.5 Å². The fraction of sp³-hybridized carbons (Fsp3) is 0.353. The normalized spacial score (nSPS) is 14.8. The molecule has 0 bridgehead atoms. The smallest absolute Gasteiger partial charge is 0.284 e. The van der Waals surface area contributed by atoms with Crippen molar-refractivity contribution in [3.63, 3.8) is 0 Å². The first kappa shape index (κ1) is 21.5. The molecule has 1 aromatic heterocycles. The number of amides is 1. The minimum Gasteiger partial charge on any atom is -0.324 e. The number of nitro groups is 1. The number of thiophene rings is 1. The van der Waals surface area contributed by atoms with Gasteiger partial charge in [0.15, 0.2) is 0 Å². The summed E-state index contributed by atoms with van der Waals surface area (Å²) in [7, 11) is 0. The van der Waals surface area contributed by atoms with E-state index in [0.717, 1.165) is 47.1 Å². The highest BCUT2D eigenvalue weighted by Crippen LogP contribution is 2.36. The van der Waals surface area contributed by atoms with Crippen LogP contribution in [-0.4, -0.2) is 46.3 Å². The van der Waals surface area contributed by atoms with Gasteiger partial charge < -0.3 is 5.32 Å². The quantitative estimate of drug-likeness (QED) is 0.346. The molecule has 1 aliphatic rings. The van der Waals surface area contributed by atoms with Crippen molar-refractivity contribution in [2.45, 2.75) is 16.0 Å². The minimum atomic E-state index is -0.432. The number of thioether (sulfide) groups is 1. The summed E-state index contributed by atoms with van der Waals surface area (Å²) >= 11 is 6.49. The third-order valence-corrected chi connectivity index (χ3v) is 7.87. The first-order valence-corrected chi connectivity index (χ1v) is 12.1. The van der Waals surface area contributed by atoms with Crippen LogP contribution in [0, 0.1) is 17.0 Å². The second-order valence-electron chi connectivity index (χ2n) is 5.86. The molecule has 0 atom stereocenters. The molecule has 0 spiro atoms. The predicted octanol–water partition coefficient (Wildman–Crippen LogP) is 4.26. The number of carbonyl (C=O) groups excluding carboxylic acids is 1. The highest BCUT2D eigenvalue weighted by molar-refractivity contribution is 8.00. The maximum absolute atomic E-state index is 12.2. The maximum Gasteiger partial charge on any atom is 0.284 e. The molecule has 0 aliphatic carbocycles. The van der Waals surface area contributed by atoms with Gasteiger partial charge in [0.2, 0.25) is 5.91 Å². The predicted molar refractivity (Wildman–Crippen MR) is 119 cm³/mol. The van der Waals surface area contributed by atoms with Crippen molar-refractivity contribution in [3.05, 3.63) is 45.3 Å². The molecule has 2 N–H and O–H groups in total. The van der Waals surface area contributed by atoms with E-state index < -0.39 is 4.92 Å². The zero-order valence-electron chi connectivity index (χ0n) is 15.2. The summed E-state index contributed by atoms with van der Waals surface area (Å²) in [6.07, 6.45) is 0. The van der Waals surface area contributed by atoms with Gasteiger partial charge in [0.05, 0.1) is 21.4 Å². The molecule has 11 heteroatoms. The van der Waals surface area contributed by atoms with Gasteiger partial charge in [-0.1, -0.05) is 12.1 Å². The first-order chi connectivity index (χ1) is 13.5. The monoisotopic (exact) mass is 456 g/mol. The molecule has 3 rings (SSSR count). The summed E-state index contributed by atoms with van der Waals surface area (Å²) in [6, 6.07) is 8.45. The van der Waals surface area contributed by atoms with Gasteiger partial charge in [-0.15, -0.1) is 11.3 Å². The number of benzene rings is 1. The van der Waals surface area contributed by atoms with Crippen molar-refractivity contribution < 1.29 is 9.72 Å². The van der Waals surface area contributed by atoms with Gasteiger partial charge in [-0.3, -0.25) is 19.6 Å². The molecular weight excluding hydrogens is 436 g/mol. The van der Waals surface area contributed by atoms with Crippen LogP contribution in [0.1, 0.15) is 4.88 Å². The van der Waals surface area contributed by atoms with Crippen molar-refractivity contribution in [2.24, 2.45) is 0 Å². The Balaban J connectivity index is 1.49. The molecule has 28 heavy (non-hydrogen) atoms. The first-order valence-electron chi connectivity index (χ1n) is 8.57. The molecule has 0 unspecified atom stereocenters. The molecule has 0 radical (unpaired) electrons. The molecule has 2 aromatic rings. The largest absolute Gasteiger partial charge is 0.324 e. The van der Waals surface area contributed by atoms with E-state index in [0.29, 0.717) is 4.90 Å². The maximum atomic E-state index is 12.2. The van der Waals surface area contributed by atoms with Crippen LogP contribution in [0.5, 0.6) is 0 Å². The highest BCUT2D eigenvalue weighted by Gasteiger charge is 2.16. The Bertz CT molecular complexity index is 840. The Kier molecular flexibility index (Phi) is 8.06. The van der Waals surface area contributed by atoms with Crippen molar-refractivity contribution in [1.29, 1.82) is 0 Å². The summed E-state index contributed by atoms with van der Waals surface area (Å²) in [5, 5.41) is 13.9. The molecule has 1 aliphatic heterocycles. The van der Waals surface area contributed by atoms with Crippen molar-refractivity contribution in [2.75, 3.05) is 36.5 Å². The molecule has 7 nitrogen and oxygen atoms in total. The summed E-state index contributed by atoms with van der Waals surface area (Å²) < 4.78 is 6.42. The Morgan fingerprint density at radius 3 is 2.82 bits per heavy atom. The summed E-state index contributed by atoms with van der Waals surface area (Å²) in [4.78, 5) is 24.4. The van der Waals surface area contributed by atoms with Crippen molar-refractivity contribution in [3.8, 4) is 0 Å². The van der Waals surface area contributed by atoms with Crippen LogP contribution in [-0.2, 0) is 4.79 Å². The van der Waals surface area contributed by atoms with Crippen LogP contribution in [0.3, 0.4) is 0 Å². The number of rotatable bonds is 8. The highest BCUT2D eigenvalue weighted by atomic mass is 32.2. The number of hydrogen-bond donors (Lipinski definition) is 2. The van der Waals surface area contributed by atoms with E-state index in [1.165, 1.54) is 10.3 Å². The molecule has 1 amide bonds. The van der Waals surface area contributed by atoms with Crippen LogP contribution < -0.4 is 10.0 Å². The summed E-state index contributed by atoms with van der Waals surface area (Å²) in [6.45, 7) is 4.19. The average molecular weight is 457 g/mol. The number of hydrogen-bond acceptors (Lipinski definition) is 9. The Hall–Kier alpha value is -1.24. The van der Waals surface area contributed by atoms with Crippen LogP contribution in [0.2, 0.25) is 0 Å². The van der Waals surface area contributed by atoms with E-state index in [9.17, 15) is 14.9 Å². The van der Waals surface area contributed by atoms with Crippen molar-refractivity contribution >= 4 is 64.3 Å². The van der Waals surface area contributed by atoms with Crippen LogP contribution in [0.15, 0.2) is 39.4 Å². The Morgan fingerprint density at radius 1 is 1.32 bits per heavy atom. The van der Waals surface area contributed by atoms with Crippen LogP contribution in [0.25, 0.3) is 0 Å². The van der Waals surface area contributed by atoms with Gasteiger partial charge in [-0.05, 0) is 43.0 Å². The van der Waals surface area contributed by atoms with E-state index in [1.54, 1.807) is 41.5 Å². The molecule has 0 saturated carbocycles. The third-order valence-electron chi connectivity index (χ3n) is 3.84. The zero-order chi connectivity index (χ0) is 19.9. The molecule has 2 heterocycles. The van der Waals surface area contributed by atoms with E-state index in [4.69, 9.17) is 0 Å². The minimum absolute atomic E-state index is 0.0202. The SMILES string of the molecule is Cc1sc(SN2CCSCC2)cc1NC(=O)CNSc1ccccc1[N+](=O)[O-]. The number of nitro benzene ring substituents is 1. The Labute approximate surface area is 180 Å². The number of anilines is 1. The Morgan fingerprint density at radius 2 is 2.07 bits per heavy atom. The fourth-order valence-electron chi connectivity index (χ4n) is 2.46. The van der Waals surface area contributed by atoms with Gasteiger partial charge >= 0.3 is 0 Å². The molecule has 1 fully saturated rings. The lowest BCUT2D eigenvalue weighted by Gasteiger charge is -2.23. The van der Waals surface area contributed by atoms with Gasteiger partial charge in [-0.2, -0.15) is 11.8 Å². The summed E-state index contributed by atoms with van der Waals surface area (Å²) in [5.74, 6) is 2.13. The number of carbonyl (C=O) groups is 1. The van der Waals surface area contributed by atoms with Gasteiger partial charge in [0.25, 0.3) is 5.69 Å². The van der Waals surface area contributed by atoms with E-state index >= 15 is 0 Å². The number of aryl methyl sites for hydroxylation is 1. The van der Waals surface area contributed by atoms with E-state index in [2.05, 4.69) is 14.3 Å². The number of nitrogens with one attached hydrogen (secondary N) is 2. The lowest BCUT2D eigenvalue weighted by atomic mass is 10.3. The number of para-hydroxylation sites is 1. The molecule has 150 valence electrons. The van der Waals surface area contributed by atoms with E-state index in [-0.39, 0.29) is 18.1 Å². The van der Waals surface area contributed by atoms with Gasteiger partial charge in [-0.25, -0.2) is 4.31 Å². The zero-order valence-corrected chi connectivity index (χ0v) is 18.4. The molecule has 1 aromatic carbocycles. The second kappa shape index (κ2) is 10.5. The standard InChI is InChI=1S/C17H20N4O3S4/c1-12-13(10-17(26-12)28-20-6-8-25-9-7-20)19-16(22)11-18-27-15-5-3-2-4-14(15)21(23)24/h2-5,10,18H,6-9,11H2,1H3,(H,19,22). The molecule has 1 saturated heterocycles. The fourth-order valence-corrected chi connectivity index (χ4v) is 6.67. The van der Waals surface area contributed by atoms with E-state index in [1.807, 2.05) is 24.8 Å². The lowest BCUT2D eigenvalue weighted by Crippen LogP contribution is -2.26. The lowest BCUT2D eigenvalue weighted by molar-refractivity contribution is -0.387. The van der Waals surface area contributed by atoms with Gasteiger partial charge in [0.1, 0.15) is 4.90 Å². The number of nitrogens with zero attached hydrogens (tertiary/aromatic N) is 2. The van der Waals surface area contributed by atoms with Crippen LogP contribution in [0.4, 0.5) is 11.4 Å². The van der Waals surface area contributed by atoms with Crippen LogP contribution >= 0.6 is 47.0 Å². The summed E-state index contributed by atoms with van der Waals surface area (Å²) in [5.41, 5.74) is 0.841. The van der Waals surface area contributed by atoms with Gasteiger partial charge in [0, 0.05) is 35.5 Å². The average Bonchev–Trinajstić information content (AvgIpc) is 3.01. The molecular formula is C17H20N4O3S4. The second-order valence-corrected chi connectivity index (χ2v) is 10.7. The van der Waals surface area contributed by atoms with Crippen molar-refractivity contribution in [1.82, 2.24) is 9.03 Å². The third kappa shape index (κ3) is 6.13.